The van der Waals surface area contributed by atoms with E-state index in [0.29, 0.717) is 18.8 Å². The summed E-state index contributed by atoms with van der Waals surface area (Å²) in [5, 5.41) is 47.5. The molecule has 6 heteroatoms. The Morgan fingerprint density at radius 3 is 2.27 bits per heavy atom. The van der Waals surface area contributed by atoms with E-state index in [0.717, 1.165) is 12.8 Å². The van der Waals surface area contributed by atoms with Gasteiger partial charge in [0, 0.05) is 5.92 Å². The molecule has 0 amide bonds. The Balaban J connectivity index is 2.74. The lowest BCUT2D eigenvalue weighted by Gasteiger charge is -2.41. The van der Waals surface area contributed by atoms with Gasteiger partial charge in [-0.3, -0.25) is 4.79 Å². The molecule has 0 heterocycles. The minimum atomic E-state index is -1.80. The van der Waals surface area contributed by atoms with E-state index in [1.807, 2.05) is 0 Å². The van der Waals surface area contributed by atoms with Crippen LogP contribution in [0.25, 0.3) is 0 Å². The summed E-state index contributed by atoms with van der Waals surface area (Å²) in [6.07, 6.45) is -3.70. The second kappa shape index (κ2) is 7.84. The molecule has 5 N–H and O–H groups in total. The van der Waals surface area contributed by atoms with Gasteiger partial charge in [-0.15, -0.1) is 0 Å². The highest BCUT2D eigenvalue weighted by molar-refractivity contribution is 5.86. The van der Waals surface area contributed by atoms with Crippen LogP contribution in [0.4, 0.5) is 0 Å². The average molecular weight is 318 g/mol. The first-order valence-electron chi connectivity index (χ1n) is 8.01. The van der Waals surface area contributed by atoms with Crippen LogP contribution in [-0.2, 0) is 4.79 Å². The first-order chi connectivity index (χ1) is 10.1. The Morgan fingerprint density at radius 2 is 1.77 bits per heavy atom. The van der Waals surface area contributed by atoms with Gasteiger partial charge in [0.25, 0.3) is 0 Å². The smallest absolute Gasteiger partial charge is 0.167 e. The molecule has 0 saturated heterocycles. The molecule has 1 aliphatic rings. The molecular weight excluding hydrogens is 288 g/mol. The number of hydrogen-bond donors (Lipinski definition) is 5. The largest absolute Gasteiger partial charge is 0.394 e. The summed E-state index contributed by atoms with van der Waals surface area (Å²) in [7, 11) is 0. The van der Waals surface area contributed by atoms with Gasteiger partial charge in [-0.25, -0.2) is 0 Å². The molecule has 0 spiro atoms. The zero-order valence-electron chi connectivity index (χ0n) is 13.6. The third-order valence-electron chi connectivity index (χ3n) is 5.36. The van der Waals surface area contributed by atoms with Crippen molar-refractivity contribution in [3.05, 3.63) is 0 Å². The molecule has 1 fully saturated rings. The Bertz CT molecular complexity index is 372. The van der Waals surface area contributed by atoms with Gasteiger partial charge in [0.05, 0.1) is 6.61 Å². The van der Waals surface area contributed by atoms with Gasteiger partial charge in [0.2, 0.25) is 0 Å². The molecular formula is C16H30O6. The van der Waals surface area contributed by atoms with Crippen LogP contribution in [-0.4, -0.2) is 62.3 Å². The summed E-state index contributed by atoms with van der Waals surface area (Å²) in [4.78, 5) is 12.4. The van der Waals surface area contributed by atoms with Crippen molar-refractivity contribution < 1.29 is 30.3 Å². The lowest BCUT2D eigenvalue weighted by Crippen LogP contribution is -2.50. The van der Waals surface area contributed by atoms with Gasteiger partial charge >= 0.3 is 0 Å². The van der Waals surface area contributed by atoms with E-state index < -0.39 is 36.8 Å². The zero-order chi connectivity index (χ0) is 17.1. The fraction of sp³-hybridized carbons (Fsp3) is 0.938. The third kappa shape index (κ3) is 4.26. The van der Waals surface area contributed by atoms with Crippen molar-refractivity contribution in [1.29, 1.82) is 0 Å². The number of carbonyl (C=O) groups excluding carboxylic acids is 1. The predicted octanol–water partition coefficient (Wildman–Crippen LogP) is -0.156. The second-order valence-electron chi connectivity index (χ2n) is 7.18. The van der Waals surface area contributed by atoms with Crippen LogP contribution in [0.3, 0.4) is 0 Å². The molecule has 0 bridgehead atoms. The average Bonchev–Trinajstić information content (AvgIpc) is 2.51. The van der Waals surface area contributed by atoms with Crippen LogP contribution in [0.5, 0.6) is 0 Å². The van der Waals surface area contributed by atoms with E-state index in [1.165, 1.54) is 0 Å². The minimum Gasteiger partial charge on any atom is -0.394 e. The molecule has 0 aromatic carbocycles. The number of aliphatic hydroxyl groups excluding tert-OH is 5. The summed E-state index contributed by atoms with van der Waals surface area (Å²) in [5.41, 5.74) is 0.0203. The molecule has 6 nitrogen and oxygen atoms in total. The van der Waals surface area contributed by atoms with Crippen molar-refractivity contribution in [2.24, 2.45) is 17.3 Å². The lowest BCUT2D eigenvalue weighted by atomic mass is 9.64. The van der Waals surface area contributed by atoms with Gasteiger partial charge in [-0.2, -0.15) is 0 Å². The normalized spacial score (nSPS) is 31.6. The number of hydrogen-bond acceptors (Lipinski definition) is 6. The molecule has 2 unspecified atom stereocenters. The lowest BCUT2D eigenvalue weighted by molar-refractivity contribution is -0.152. The SMILES string of the molecule is CC(C)C1(C)CCCC(C(=O)[C@H](O)[C@@H](O)[C@H](O)[C@H](O)CO)C1. The van der Waals surface area contributed by atoms with Gasteiger partial charge < -0.3 is 25.5 Å². The summed E-state index contributed by atoms with van der Waals surface area (Å²) in [5.74, 6) is -0.445. The highest BCUT2D eigenvalue weighted by Crippen LogP contribution is 2.45. The highest BCUT2D eigenvalue weighted by atomic mass is 16.4. The summed E-state index contributed by atoms with van der Waals surface area (Å²) >= 11 is 0. The van der Waals surface area contributed by atoms with Gasteiger partial charge in [-0.05, 0) is 30.6 Å². The molecule has 1 aliphatic carbocycles. The van der Waals surface area contributed by atoms with Crippen LogP contribution in [0.1, 0.15) is 46.5 Å². The Hall–Kier alpha value is -0.530. The van der Waals surface area contributed by atoms with E-state index in [-0.39, 0.29) is 11.3 Å². The topological polar surface area (TPSA) is 118 Å². The second-order valence-corrected chi connectivity index (χ2v) is 7.18. The van der Waals surface area contributed by atoms with Gasteiger partial charge in [0.15, 0.2) is 5.78 Å². The molecule has 0 aromatic rings. The first kappa shape index (κ1) is 19.5. The maximum atomic E-state index is 12.4. The van der Waals surface area contributed by atoms with Crippen molar-refractivity contribution >= 4 is 5.78 Å². The number of rotatable bonds is 7. The van der Waals surface area contributed by atoms with Crippen molar-refractivity contribution in [3.8, 4) is 0 Å². The summed E-state index contributed by atoms with van der Waals surface area (Å²) < 4.78 is 0. The number of ketones is 1. The zero-order valence-corrected chi connectivity index (χ0v) is 13.6. The maximum Gasteiger partial charge on any atom is 0.167 e. The fourth-order valence-corrected chi connectivity index (χ4v) is 3.22. The fourth-order valence-electron chi connectivity index (χ4n) is 3.22. The Labute approximate surface area is 131 Å². The molecule has 1 rings (SSSR count). The van der Waals surface area contributed by atoms with E-state index >= 15 is 0 Å². The van der Waals surface area contributed by atoms with E-state index in [9.17, 15) is 25.2 Å². The number of Topliss-reactive ketones (excluding diaryl/α,β-unsaturated/α-hetero) is 1. The van der Waals surface area contributed by atoms with Crippen molar-refractivity contribution in [2.75, 3.05) is 6.61 Å². The molecule has 130 valence electrons. The van der Waals surface area contributed by atoms with E-state index in [2.05, 4.69) is 20.8 Å². The summed E-state index contributed by atoms with van der Waals surface area (Å²) in [6.45, 7) is 5.59. The maximum absolute atomic E-state index is 12.4. The van der Waals surface area contributed by atoms with Crippen LogP contribution in [0.15, 0.2) is 0 Å². The number of carbonyl (C=O) groups is 1. The first-order valence-corrected chi connectivity index (χ1v) is 8.01. The predicted molar refractivity (Wildman–Crippen MR) is 81.0 cm³/mol. The third-order valence-corrected chi connectivity index (χ3v) is 5.36. The molecule has 0 aromatic heterocycles. The highest BCUT2D eigenvalue weighted by Gasteiger charge is 2.42. The molecule has 22 heavy (non-hydrogen) atoms. The van der Waals surface area contributed by atoms with Crippen molar-refractivity contribution in [1.82, 2.24) is 0 Å². The van der Waals surface area contributed by atoms with Gasteiger partial charge in [0.1, 0.15) is 24.4 Å². The van der Waals surface area contributed by atoms with Crippen LogP contribution < -0.4 is 0 Å². The van der Waals surface area contributed by atoms with Crippen molar-refractivity contribution in [2.45, 2.75) is 70.9 Å². The van der Waals surface area contributed by atoms with Crippen LogP contribution in [0, 0.1) is 17.3 Å². The molecule has 0 aliphatic heterocycles. The number of aliphatic hydroxyl groups is 5. The standard InChI is InChI=1S/C16H30O6/c1-9(2)16(3)6-4-5-10(7-16)12(19)14(21)15(22)13(20)11(18)8-17/h9-11,13-15,17-18,20-22H,4-8H2,1-3H3/t10?,11-,13-,14+,15+,16?/m1/s1. The minimum absolute atomic E-state index is 0.0203. The molecule has 6 atom stereocenters. The van der Waals surface area contributed by atoms with E-state index in [1.54, 1.807) is 0 Å². The summed E-state index contributed by atoms with van der Waals surface area (Å²) in [6, 6.07) is 0. The Morgan fingerprint density at radius 1 is 1.18 bits per heavy atom. The van der Waals surface area contributed by atoms with Crippen LogP contribution >= 0.6 is 0 Å². The van der Waals surface area contributed by atoms with E-state index in [4.69, 9.17) is 5.11 Å². The molecule has 0 radical (unpaired) electrons. The van der Waals surface area contributed by atoms with Crippen molar-refractivity contribution in [3.63, 3.8) is 0 Å². The monoisotopic (exact) mass is 318 g/mol. The van der Waals surface area contributed by atoms with Gasteiger partial charge in [-0.1, -0.05) is 27.2 Å². The van der Waals surface area contributed by atoms with Crippen LogP contribution in [0.2, 0.25) is 0 Å². The molecule has 1 saturated carbocycles. The quantitative estimate of drug-likeness (QED) is 0.445. The Kier molecular flexibility index (Phi) is 6.95.